The minimum Gasteiger partial charge on any atom is -0.241 e. The van der Waals surface area contributed by atoms with Gasteiger partial charge in [-0.3, -0.25) is 0 Å². The van der Waals surface area contributed by atoms with E-state index in [-0.39, 0.29) is 0 Å². The lowest BCUT2D eigenvalue weighted by Crippen LogP contribution is -2.12. The number of hydrogen-bond donors (Lipinski definition) is 0. The van der Waals surface area contributed by atoms with Crippen molar-refractivity contribution in [3.8, 4) is 10.6 Å². The fourth-order valence-corrected chi connectivity index (χ4v) is 2.55. The van der Waals surface area contributed by atoms with Crippen LogP contribution < -0.4 is 0 Å². The Morgan fingerprint density at radius 2 is 2.31 bits per heavy atom. The molecule has 2 aromatic heterocycles. The molecule has 16 heavy (non-hydrogen) atoms. The summed E-state index contributed by atoms with van der Waals surface area (Å²) < 4.78 is 0. The molecule has 3 rings (SSSR count). The van der Waals surface area contributed by atoms with E-state index in [2.05, 4.69) is 20.5 Å². The molecule has 1 fully saturated rings. The zero-order chi connectivity index (χ0) is 11.0. The molecule has 2 heterocycles. The van der Waals surface area contributed by atoms with Crippen molar-refractivity contribution in [3.05, 3.63) is 29.3 Å². The van der Waals surface area contributed by atoms with Gasteiger partial charge in [-0.05, 0) is 25.8 Å². The van der Waals surface area contributed by atoms with Gasteiger partial charge < -0.3 is 0 Å². The average Bonchev–Trinajstić information content (AvgIpc) is 2.62. The fraction of sp³-hybridized carbons (Fsp3) is 0.417. The molecule has 1 aliphatic rings. The first-order valence-corrected chi connectivity index (χ1v) is 6.33. The zero-order valence-electron chi connectivity index (χ0n) is 9.10. The third-order valence-electron chi connectivity index (χ3n) is 3.07. The van der Waals surface area contributed by atoms with Crippen molar-refractivity contribution in [2.24, 2.45) is 0 Å². The molecular weight excluding hydrogens is 218 g/mol. The molecule has 2 aromatic rings. The molecule has 3 nitrogen and oxygen atoms in total. The second-order valence-corrected chi connectivity index (χ2v) is 4.94. The summed E-state index contributed by atoms with van der Waals surface area (Å²) in [5, 5.41) is 0. The van der Waals surface area contributed by atoms with Crippen LogP contribution in [0.3, 0.4) is 0 Å². The first-order chi connectivity index (χ1) is 7.84. The summed E-state index contributed by atoms with van der Waals surface area (Å²) in [4.78, 5) is 14.2. The van der Waals surface area contributed by atoms with E-state index in [1.807, 2.05) is 19.2 Å². The fourth-order valence-electron chi connectivity index (χ4n) is 1.86. The van der Waals surface area contributed by atoms with E-state index < -0.39 is 0 Å². The first-order valence-electron chi connectivity index (χ1n) is 5.51. The Bertz CT molecular complexity index is 502. The summed E-state index contributed by atoms with van der Waals surface area (Å²) >= 11 is 1.52. The molecule has 0 aromatic carbocycles. The van der Waals surface area contributed by atoms with Gasteiger partial charge in [0.05, 0.1) is 16.3 Å². The first kappa shape index (κ1) is 9.90. The molecule has 0 N–H and O–H groups in total. The molecule has 0 amide bonds. The zero-order valence-corrected chi connectivity index (χ0v) is 9.92. The predicted molar refractivity (Wildman–Crippen MR) is 63.3 cm³/mol. The highest BCUT2D eigenvalue weighted by atomic mass is 32.1. The van der Waals surface area contributed by atoms with Crippen LogP contribution in [0.1, 0.15) is 36.7 Å². The lowest BCUT2D eigenvalue weighted by Gasteiger charge is -2.23. The third kappa shape index (κ3) is 1.63. The number of nitrogens with zero attached hydrogens (tertiary/aromatic N) is 3. The Hall–Kier alpha value is -1.29. The maximum atomic E-state index is 4.64. The van der Waals surface area contributed by atoms with Gasteiger partial charge in [0.2, 0.25) is 0 Å². The van der Waals surface area contributed by atoms with Crippen LogP contribution in [0.4, 0.5) is 0 Å². The molecule has 1 radical (unpaired) electrons. The Kier molecular flexibility index (Phi) is 2.44. The van der Waals surface area contributed by atoms with Gasteiger partial charge in [-0.15, -0.1) is 11.3 Å². The number of rotatable bonds is 2. The molecule has 1 aliphatic carbocycles. The molecule has 1 saturated carbocycles. The minimum absolute atomic E-state index is 0.581. The highest BCUT2D eigenvalue weighted by Gasteiger charge is 2.22. The lowest BCUT2D eigenvalue weighted by atomic mass is 9.85. The van der Waals surface area contributed by atoms with E-state index >= 15 is 0 Å². The van der Waals surface area contributed by atoms with E-state index in [4.69, 9.17) is 0 Å². The van der Waals surface area contributed by atoms with E-state index in [1.165, 1.54) is 30.6 Å². The Morgan fingerprint density at radius 3 is 2.94 bits per heavy atom. The lowest BCUT2D eigenvalue weighted by molar-refractivity contribution is 0.401. The number of hydrogen-bond acceptors (Lipinski definition) is 4. The van der Waals surface area contributed by atoms with Crippen molar-refractivity contribution in [1.82, 2.24) is 15.0 Å². The molecular formula is C12H12N3S. The molecule has 81 valence electrons. The highest BCUT2D eigenvalue weighted by Crippen LogP contribution is 2.35. The molecule has 0 aliphatic heterocycles. The van der Waals surface area contributed by atoms with Gasteiger partial charge in [-0.25, -0.2) is 15.0 Å². The summed E-state index contributed by atoms with van der Waals surface area (Å²) in [6.45, 7) is 1.99. The summed E-state index contributed by atoms with van der Waals surface area (Å²) in [7, 11) is 0. The quantitative estimate of drug-likeness (QED) is 0.796. The van der Waals surface area contributed by atoms with Crippen LogP contribution in [0.2, 0.25) is 0 Å². The van der Waals surface area contributed by atoms with E-state index in [1.54, 1.807) is 0 Å². The maximum absolute atomic E-state index is 4.64. The van der Waals surface area contributed by atoms with Crippen LogP contribution in [-0.4, -0.2) is 15.0 Å². The standard InChI is InChI=1S/C12H12N3S/c1-8-11(16-7-14-8)10-5-6-13-12(15-10)9-3-2-4-9/h5-6,9H,2-4H2,1H3. The number of aryl methyl sites for hydroxylation is 1. The highest BCUT2D eigenvalue weighted by molar-refractivity contribution is 7.12. The van der Waals surface area contributed by atoms with Crippen molar-refractivity contribution in [2.75, 3.05) is 0 Å². The Labute approximate surface area is 98.6 Å². The van der Waals surface area contributed by atoms with Gasteiger partial charge in [0.15, 0.2) is 5.51 Å². The Balaban J connectivity index is 1.98. The topological polar surface area (TPSA) is 38.7 Å². The van der Waals surface area contributed by atoms with Crippen LogP contribution in [0.25, 0.3) is 10.6 Å². The van der Waals surface area contributed by atoms with E-state index in [0.29, 0.717) is 5.92 Å². The van der Waals surface area contributed by atoms with Gasteiger partial charge in [0, 0.05) is 12.1 Å². The van der Waals surface area contributed by atoms with Crippen molar-refractivity contribution in [1.29, 1.82) is 0 Å². The predicted octanol–water partition coefficient (Wildman–Crippen LogP) is 2.98. The van der Waals surface area contributed by atoms with Gasteiger partial charge in [0.25, 0.3) is 0 Å². The molecule has 0 atom stereocenters. The van der Waals surface area contributed by atoms with Crippen molar-refractivity contribution in [2.45, 2.75) is 32.1 Å². The molecule has 0 bridgehead atoms. The van der Waals surface area contributed by atoms with Gasteiger partial charge in [0.1, 0.15) is 5.82 Å². The van der Waals surface area contributed by atoms with E-state index in [9.17, 15) is 0 Å². The van der Waals surface area contributed by atoms with Crippen molar-refractivity contribution < 1.29 is 0 Å². The van der Waals surface area contributed by atoms with Crippen molar-refractivity contribution in [3.63, 3.8) is 0 Å². The second-order valence-electron chi connectivity index (χ2n) is 4.15. The summed E-state index contributed by atoms with van der Waals surface area (Å²) in [6, 6.07) is 1.95. The van der Waals surface area contributed by atoms with Crippen LogP contribution >= 0.6 is 11.3 Å². The number of thiazole rings is 1. The smallest absolute Gasteiger partial charge is 0.153 e. The third-order valence-corrected chi connectivity index (χ3v) is 3.96. The summed E-state index contributed by atoms with van der Waals surface area (Å²) in [6.07, 6.45) is 5.63. The molecule has 4 heteroatoms. The SMILES string of the molecule is Cc1n[c]sc1-c1ccnc(C2CCC2)n1. The van der Waals surface area contributed by atoms with E-state index in [0.717, 1.165) is 22.1 Å². The minimum atomic E-state index is 0.581. The molecule has 0 spiro atoms. The second kappa shape index (κ2) is 3.94. The average molecular weight is 230 g/mol. The Morgan fingerprint density at radius 1 is 1.44 bits per heavy atom. The van der Waals surface area contributed by atoms with Crippen LogP contribution in [0.15, 0.2) is 12.3 Å². The van der Waals surface area contributed by atoms with Crippen molar-refractivity contribution >= 4 is 11.3 Å². The normalized spacial score (nSPS) is 16.1. The van der Waals surface area contributed by atoms with Gasteiger partial charge >= 0.3 is 0 Å². The maximum Gasteiger partial charge on any atom is 0.153 e. The van der Waals surface area contributed by atoms with Gasteiger partial charge in [-0.1, -0.05) is 6.42 Å². The monoisotopic (exact) mass is 230 g/mol. The number of aromatic nitrogens is 3. The summed E-state index contributed by atoms with van der Waals surface area (Å²) in [5.41, 5.74) is 4.90. The molecule has 0 saturated heterocycles. The molecule has 0 unspecified atom stereocenters. The summed E-state index contributed by atoms with van der Waals surface area (Å²) in [5.74, 6) is 1.58. The van der Waals surface area contributed by atoms with Crippen LogP contribution in [0, 0.1) is 12.4 Å². The van der Waals surface area contributed by atoms with Gasteiger partial charge in [-0.2, -0.15) is 0 Å². The largest absolute Gasteiger partial charge is 0.241 e. The van der Waals surface area contributed by atoms with Crippen LogP contribution in [-0.2, 0) is 0 Å². The van der Waals surface area contributed by atoms with Crippen LogP contribution in [0.5, 0.6) is 0 Å².